The van der Waals surface area contributed by atoms with Crippen molar-refractivity contribution >= 4 is 0 Å². The van der Waals surface area contributed by atoms with Crippen LogP contribution in [0.15, 0.2) is 0 Å². The first-order chi connectivity index (χ1) is 32.7. The zero-order valence-electron chi connectivity index (χ0n) is 40.9. The molecule has 8 unspecified atom stereocenters. The Bertz CT molecular complexity index is 1850. The summed E-state index contributed by atoms with van der Waals surface area (Å²) in [6.07, 6.45) is -75.1. The lowest BCUT2D eigenvalue weighted by Crippen LogP contribution is -2.69. The highest BCUT2D eigenvalue weighted by Crippen LogP contribution is 2.67. The molecule has 2 heterocycles. The van der Waals surface area contributed by atoms with Gasteiger partial charge in [-0.15, -0.1) is 0 Å². The standard InChI is InChI=1S/C44H58F24O6/c1-9-31(7,73-34(39(51,52)53,40(54,55)56)26-13-11-17-30(6,19-15-26)36(43(63,64)65,44(66,67)68)74-32(8)23-70-32)20-24(2)71-35(41(57,58)59,42(60,61)62)29(5)16-10-12-25(14-18-29)33(37(45,46)47,38(48,49)50)72-28(3,4)21-27-22-69-27/h24-27H,9-23H2,1-8H3. The summed E-state index contributed by atoms with van der Waals surface area (Å²) >= 11 is 0. The molecule has 4 aliphatic rings. The van der Waals surface area contributed by atoms with E-state index in [-0.39, 0.29) is 20.5 Å². The van der Waals surface area contributed by atoms with Crippen LogP contribution in [-0.4, -0.2) is 114 Å². The van der Waals surface area contributed by atoms with Gasteiger partial charge in [-0.2, -0.15) is 105 Å². The molecule has 0 radical (unpaired) electrons. The van der Waals surface area contributed by atoms with Crippen LogP contribution in [0, 0.1) is 22.7 Å². The smallest absolute Gasteiger partial charge is 0.373 e. The molecule has 30 heteroatoms. The van der Waals surface area contributed by atoms with Crippen molar-refractivity contribution in [1.82, 2.24) is 0 Å². The number of epoxide rings is 2. The van der Waals surface area contributed by atoms with Crippen LogP contribution in [0.25, 0.3) is 0 Å². The molecule has 0 bridgehead atoms. The molecule has 0 aromatic rings. The fraction of sp³-hybridized carbons (Fsp3) is 1.00. The maximum atomic E-state index is 15.5. The molecule has 0 N–H and O–H groups in total. The average molecular weight is 1140 g/mol. The summed E-state index contributed by atoms with van der Waals surface area (Å²) in [7, 11) is 0. The number of alkyl halides is 24. The number of hydrogen-bond donors (Lipinski definition) is 0. The Morgan fingerprint density at radius 1 is 0.514 bits per heavy atom. The molecule has 0 aromatic heterocycles. The molecule has 74 heavy (non-hydrogen) atoms. The van der Waals surface area contributed by atoms with Crippen LogP contribution in [0.4, 0.5) is 105 Å². The van der Waals surface area contributed by atoms with Crippen LogP contribution in [0.5, 0.6) is 0 Å². The van der Waals surface area contributed by atoms with Gasteiger partial charge < -0.3 is 28.4 Å². The van der Waals surface area contributed by atoms with Crippen LogP contribution >= 0.6 is 0 Å². The Balaban J connectivity index is 1.79. The van der Waals surface area contributed by atoms with Crippen molar-refractivity contribution < 1.29 is 134 Å². The summed E-state index contributed by atoms with van der Waals surface area (Å²) in [6.45, 7) is 3.31. The van der Waals surface area contributed by atoms with E-state index in [0.717, 1.165) is 20.8 Å². The molecule has 2 saturated carbocycles. The van der Waals surface area contributed by atoms with Gasteiger partial charge in [0.05, 0.1) is 30.0 Å². The molecule has 2 saturated heterocycles. The Morgan fingerprint density at radius 2 is 0.865 bits per heavy atom. The summed E-state index contributed by atoms with van der Waals surface area (Å²) in [6, 6.07) is 0. The second kappa shape index (κ2) is 19.7. The molecule has 0 spiro atoms. The molecule has 2 aliphatic heterocycles. The highest BCUT2D eigenvalue weighted by atomic mass is 19.4. The molecule has 0 aromatic carbocycles. The summed E-state index contributed by atoms with van der Waals surface area (Å²) in [5.41, 5.74) is -34.3. The minimum absolute atomic E-state index is 0.0834. The summed E-state index contributed by atoms with van der Waals surface area (Å²) < 4.78 is 393. The topological polar surface area (TPSA) is 62.0 Å². The maximum absolute atomic E-state index is 15.5. The monoisotopic (exact) mass is 1140 g/mol. The van der Waals surface area contributed by atoms with Crippen LogP contribution in [0.2, 0.25) is 0 Å². The van der Waals surface area contributed by atoms with E-state index in [0.29, 0.717) is 20.8 Å². The van der Waals surface area contributed by atoms with Crippen molar-refractivity contribution in [3.63, 3.8) is 0 Å². The van der Waals surface area contributed by atoms with Gasteiger partial charge in [0.15, 0.2) is 5.79 Å². The van der Waals surface area contributed by atoms with Gasteiger partial charge in [0, 0.05) is 35.5 Å². The van der Waals surface area contributed by atoms with Gasteiger partial charge in [-0.3, -0.25) is 0 Å². The van der Waals surface area contributed by atoms with Crippen molar-refractivity contribution in [3.05, 3.63) is 0 Å². The maximum Gasteiger partial charge on any atom is 0.427 e. The van der Waals surface area contributed by atoms with Crippen LogP contribution < -0.4 is 0 Å². The summed E-state index contributed by atoms with van der Waals surface area (Å²) in [5, 5.41) is 0. The van der Waals surface area contributed by atoms with Gasteiger partial charge in [-0.05, 0) is 92.4 Å². The lowest BCUT2D eigenvalue weighted by Gasteiger charge is -2.52. The van der Waals surface area contributed by atoms with E-state index < -0.39 is 214 Å². The SMILES string of the molecule is CCC(C)(CC(C)OC(C(F)(F)F)(C(F)(F)F)C1(C)CCCC(C(OC(C)(C)CC2CO2)(C(F)(F)F)C(F)(F)F)CC1)OC(C1CCCC(C)(C(OC2(C)CO2)(C(F)(F)F)C(F)(F)F)CC1)(C(F)(F)F)C(F)(F)F. The van der Waals surface area contributed by atoms with Gasteiger partial charge in [-0.1, -0.05) is 33.6 Å². The summed E-state index contributed by atoms with van der Waals surface area (Å²) in [5.74, 6) is -8.63. The van der Waals surface area contributed by atoms with E-state index >= 15 is 52.7 Å². The van der Waals surface area contributed by atoms with Crippen molar-refractivity contribution in [2.24, 2.45) is 22.7 Å². The third-order valence-corrected chi connectivity index (χ3v) is 15.5. The van der Waals surface area contributed by atoms with Crippen molar-refractivity contribution in [2.75, 3.05) is 13.2 Å². The van der Waals surface area contributed by atoms with Gasteiger partial charge in [0.25, 0.3) is 22.4 Å². The van der Waals surface area contributed by atoms with Crippen molar-refractivity contribution in [2.45, 2.75) is 240 Å². The van der Waals surface area contributed by atoms with Crippen molar-refractivity contribution in [1.29, 1.82) is 0 Å². The van der Waals surface area contributed by atoms with Crippen LogP contribution in [0.3, 0.4) is 0 Å². The second-order valence-electron chi connectivity index (χ2n) is 21.8. The molecule has 0 amide bonds. The van der Waals surface area contributed by atoms with Gasteiger partial charge in [0.2, 0.25) is 0 Å². The molecule has 2 aliphatic carbocycles. The third-order valence-electron chi connectivity index (χ3n) is 15.5. The van der Waals surface area contributed by atoms with Crippen LogP contribution in [-0.2, 0) is 28.4 Å². The predicted octanol–water partition coefficient (Wildman–Crippen LogP) is 15.9. The van der Waals surface area contributed by atoms with E-state index in [4.69, 9.17) is 18.9 Å². The zero-order chi connectivity index (χ0) is 57.7. The normalized spacial score (nSPS) is 29.6. The number of halogens is 24. The fourth-order valence-corrected chi connectivity index (χ4v) is 11.7. The van der Waals surface area contributed by atoms with Crippen molar-refractivity contribution in [3.8, 4) is 0 Å². The third kappa shape index (κ3) is 11.6. The van der Waals surface area contributed by atoms with E-state index in [2.05, 4.69) is 9.47 Å². The molecular formula is C44H58F24O6. The molecule has 4 rings (SSSR count). The minimum Gasteiger partial charge on any atom is -0.373 e. The van der Waals surface area contributed by atoms with E-state index in [1.807, 2.05) is 0 Å². The summed E-state index contributed by atoms with van der Waals surface area (Å²) in [4.78, 5) is 0. The van der Waals surface area contributed by atoms with E-state index in [1.165, 1.54) is 0 Å². The van der Waals surface area contributed by atoms with Gasteiger partial charge in [0.1, 0.15) is 6.61 Å². The Labute approximate surface area is 409 Å². The highest BCUT2D eigenvalue weighted by Gasteiger charge is 2.84. The number of rotatable bonds is 17. The Hall–Kier alpha value is -1.92. The second-order valence-corrected chi connectivity index (χ2v) is 21.8. The fourth-order valence-electron chi connectivity index (χ4n) is 11.7. The molecule has 6 nitrogen and oxygen atoms in total. The number of ether oxygens (including phenoxy) is 6. The first-order valence-corrected chi connectivity index (χ1v) is 23.3. The lowest BCUT2D eigenvalue weighted by molar-refractivity contribution is -0.436. The average Bonchev–Trinajstić information content (AvgIpc) is 4.10. The first-order valence-electron chi connectivity index (χ1n) is 23.3. The first kappa shape index (κ1) is 64.6. The van der Waals surface area contributed by atoms with Crippen LogP contribution in [0.1, 0.15) is 139 Å². The highest BCUT2D eigenvalue weighted by molar-refractivity contribution is 5.14. The quantitative estimate of drug-likeness (QED) is 0.0822. The van der Waals surface area contributed by atoms with Gasteiger partial charge in [-0.25, -0.2) is 0 Å². The predicted molar refractivity (Wildman–Crippen MR) is 209 cm³/mol. The zero-order valence-corrected chi connectivity index (χ0v) is 40.9. The molecule has 4 fully saturated rings. The largest absolute Gasteiger partial charge is 0.427 e. The van der Waals surface area contributed by atoms with E-state index in [9.17, 15) is 52.7 Å². The van der Waals surface area contributed by atoms with Gasteiger partial charge >= 0.3 is 49.4 Å². The number of hydrogen-bond acceptors (Lipinski definition) is 6. The Kier molecular flexibility index (Phi) is 17.2. The van der Waals surface area contributed by atoms with E-state index in [1.54, 1.807) is 0 Å². The minimum atomic E-state index is -6.75. The molecular weight excluding hydrogens is 1080 g/mol. The molecule has 8 atom stereocenters. The molecule has 438 valence electrons. The Morgan fingerprint density at radius 3 is 1.18 bits per heavy atom. The lowest BCUT2D eigenvalue weighted by atomic mass is 9.66.